The first kappa shape index (κ1) is 19.8. The first-order valence-corrected chi connectivity index (χ1v) is 11.6. The monoisotopic (exact) mass is 465 g/mol. The van der Waals surface area contributed by atoms with Crippen LogP contribution in [0.3, 0.4) is 0 Å². The molecule has 9 heteroatoms. The number of allylic oxidation sites excluding steroid dienone is 2. The Bertz CT molecular complexity index is 1050. The number of aryl methyl sites for hydroxylation is 1. The van der Waals surface area contributed by atoms with Gasteiger partial charge in [-0.3, -0.25) is 0 Å². The van der Waals surface area contributed by atoms with Crippen LogP contribution in [0, 0.1) is 5.92 Å². The zero-order valence-corrected chi connectivity index (χ0v) is 18.5. The highest BCUT2D eigenvalue weighted by Crippen LogP contribution is 2.54. The maximum atomic E-state index is 12.8. The van der Waals surface area contributed by atoms with E-state index in [-0.39, 0.29) is 24.5 Å². The first-order valence-electron chi connectivity index (χ1n) is 11.7. The minimum absolute atomic E-state index is 0.0302. The minimum Gasteiger partial charge on any atom is -0.496 e. The van der Waals surface area contributed by atoms with Crippen LogP contribution in [-0.2, 0) is 20.7 Å². The van der Waals surface area contributed by atoms with Gasteiger partial charge in [-0.2, -0.15) is 21.6 Å². The summed E-state index contributed by atoms with van der Waals surface area (Å²) in [6, 6.07) is 3.64. The molecule has 0 spiro atoms. The number of ether oxygens (including phenoxy) is 2. The van der Waals surface area contributed by atoms with Gasteiger partial charge in [0.25, 0.3) is 0 Å². The molecule has 0 bridgehead atoms. The number of halogens is 3. The zero-order chi connectivity index (χ0) is 25.5. The lowest BCUT2D eigenvalue weighted by Gasteiger charge is -2.46. The molecule has 0 saturated heterocycles. The molecule has 1 aromatic rings. The fourth-order valence-corrected chi connectivity index (χ4v) is 4.91. The molecule has 1 aromatic carbocycles. The second-order valence-corrected chi connectivity index (χ2v) is 9.95. The van der Waals surface area contributed by atoms with E-state index in [1.165, 1.54) is 13.2 Å². The van der Waals surface area contributed by atoms with Crippen LogP contribution in [-0.4, -0.2) is 26.6 Å². The topological polar surface area (TPSA) is 61.8 Å². The smallest absolute Gasteiger partial charge is 0.496 e. The standard InChI is InChI=1S/C22H29F3O5S/c1-5-6-7-8-14-11-18(28-4)20-16-13-15(30-31(26,27)22(23,24)25)9-10-17(16)21(2,3)29-19(20)12-14/h11-13,16-17H,5-10H2,1-4H3/t16-,17-/m1/s1/i1D3. The summed E-state index contributed by atoms with van der Waals surface area (Å²) in [4.78, 5) is 0. The Labute approximate surface area is 185 Å². The number of alkyl halides is 3. The largest absolute Gasteiger partial charge is 0.534 e. The molecule has 1 aliphatic carbocycles. The molecule has 0 N–H and O–H groups in total. The van der Waals surface area contributed by atoms with E-state index in [0.717, 1.165) is 5.56 Å². The maximum Gasteiger partial charge on any atom is 0.534 e. The Kier molecular flexibility index (Phi) is 5.46. The second-order valence-electron chi connectivity index (χ2n) is 8.41. The molecule has 0 amide bonds. The van der Waals surface area contributed by atoms with Crippen molar-refractivity contribution in [3.8, 4) is 11.5 Å². The van der Waals surface area contributed by atoms with Crippen LogP contribution in [0.5, 0.6) is 11.5 Å². The van der Waals surface area contributed by atoms with Crippen molar-refractivity contribution in [3.63, 3.8) is 0 Å². The summed E-state index contributed by atoms with van der Waals surface area (Å²) in [6.07, 6.45) is 3.74. The second kappa shape index (κ2) is 8.56. The number of methoxy groups -OCH3 is 1. The van der Waals surface area contributed by atoms with Crippen LogP contribution in [0.15, 0.2) is 24.0 Å². The summed E-state index contributed by atoms with van der Waals surface area (Å²) in [6.45, 7) is 1.80. The van der Waals surface area contributed by atoms with Gasteiger partial charge in [0, 0.05) is 27.9 Å². The Morgan fingerprint density at radius 3 is 2.68 bits per heavy atom. The molecule has 0 unspecified atom stereocenters. The lowest BCUT2D eigenvalue weighted by Crippen LogP contribution is -2.45. The van der Waals surface area contributed by atoms with Crippen LogP contribution >= 0.6 is 0 Å². The van der Waals surface area contributed by atoms with Gasteiger partial charge in [-0.15, -0.1) is 0 Å². The lowest BCUT2D eigenvalue weighted by molar-refractivity contribution is -0.0528. The van der Waals surface area contributed by atoms with Crippen molar-refractivity contribution in [3.05, 3.63) is 35.1 Å². The van der Waals surface area contributed by atoms with Gasteiger partial charge in [-0.05, 0) is 56.9 Å². The summed E-state index contributed by atoms with van der Waals surface area (Å²) < 4.78 is 99.8. The maximum absolute atomic E-state index is 12.8. The molecule has 0 saturated carbocycles. The summed E-state index contributed by atoms with van der Waals surface area (Å²) in [5.74, 6) is 0.126. The highest BCUT2D eigenvalue weighted by Gasteiger charge is 2.51. The molecular weight excluding hydrogens is 433 g/mol. The van der Waals surface area contributed by atoms with E-state index in [1.807, 2.05) is 26.0 Å². The van der Waals surface area contributed by atoms with Crippen LogP contribution in [0.2, 0.25) is 0 Å². The molecule has 5 nitrogen and oxygen atoms in total. The van der Waals surface area contributed by atoms with Crippen LogP contribution in [0.25, 0.3) is 0 Å². The quantitative estimate of drug-likeness (QED) is 0.287. The fraction of sp³-hybridized carbons (Fsp3) is 0.636. The van der Waals surface area contributed by atoms with E-state index < -0.39 is 34.0 Å². The van der Waals surface area contributed by atoms with Gasteiger partial charge in [-0.25, -0.2) is 0 Å². The summed E-state index contributed by atoms with van der Waals surface area (Å²) in [7, 11) is -4.28. The normalized spacial score (nSPS) is 24.5. The zero-order valence-electron chi connectivity index (χ0n) is 20.7. The molecule has 0 radical (unpaired) electrons. The molecule has 174 valence electrons. The third kappa shape index (κ3) is 4.81. The van der Waals surface area contributed by atoms with Gasteiger partial charge < -0.3 is 13.7 Å². The van der Waals surface area contributed by atoms with Gasteiger partial charge >= 0.3 is 15.6 Å². The molecule has 1 aliphatic heterocycles. The Morgan fingerprint density at radius 2 is 2.03 bits per heavy atom. The molecule has 0 fully saturated rings. The average Bonchev–Trinajstić information content (AvgIpc) is 2.68. The highest BCUT2D eigenvalue weighted by molar-refractivity contribution is 7.87. The average molecular weight is 466 g/mol. The third-order valence-corrected chi connectivity index (χ3v) is 6.88. The van der Waals surface area contributed by atoms with E-state index >= 15 is 0 Å². The number of rotatable bonds is 7. The number of unbranched alkanes of at least 4 members (excludes halogenated alkanes) is 1. The van der Waals surface area contributed by atoms with Gasteiger partial charge in [0.2, 0.25) is 0 Å². The Balaban J connectivity index is 1.93. The predicted octanol–water partition coefficient (Wildman–Crippen LogP) is 5.84. The highest BCUT2D eigenvalue weighted by atomic mass is 32.2. The SMILES string of the molecule is [2H]C([2H])([2H])CCCCc1cc(OC)c2c(c1)OC(C)(C)[C@@H]1CCC(OS(=O)(=O)C(F)(F)F)=C[C@@H]21. The van der Waals surface area contributed by atoms with Crippen molar-refractivity contribution in [2.45, 2.75) is 76.3 Å². The minimum atomic E-state index is -5.76. The summed E-state index contributed by atoms with van der Waals surface area (Å²) in [5, 5.41) is 0. The van der Waals surface area contributed by atoms with Crippen molar-refractivity contribution in [2.24, 2.45) is 5.92 Å². The molecule has 3 rings (SSSR count). The van der Waals surface area contributed by atoms with Gasteiger partial charge in [0.1, 0.15) is 22.9 Å². The van der Waals surface area contributed by atoms with E-state index in [0.29, 0.717) is 42.7 Å². The van der Waals surface area contributed by atoms with Crippen molar-refractivity contribution in [2.75, 3.05) is 7.11 Å². The van der Waals surface area contributed by atoms with E-state index in [4.69, 9.17) is 13.6 Å². The fourth-order valence-electron chi connectivity index (χ4n) is 4.39. The Morgan fingerprint density at radius 1 is 1.29 bits per heavy atom. The van der Waals surface area contributed by atoms with Crippen molar-refractivity contribution in [1.29, 1.82) is 0 Å². The predicted molar refractivity (Wildman–Crippen MR) is 111 cm³/mol. The molecule has 2 atom stereocenters. The van der Waals surface area contributed by atoms with Crippen LogP contribution < -0.4 is 9.47 Å². The van der Waals surface area contributed by atoms with E-state index in [1.54, 1.807) is 0 Å². The van der Waals surface area contributed by atoms with Gasteiger partial charge in [0.15, 0.2) is 0 Å². The van der Waals surface area contributed by atoms with Crippen molar-refractivity contribution < 1.29 is 39.4 Å². The molecule has 1 heterocycles. The van der Waals surface area contributed by atoms with E-state index in [2.05, 4.69) is 4.18 Å². The van der Waals surface area contributed by atoms with Gasteiger partial charge in [-0.1, -0.05) is 19.7 Å². The van der Waals surface area contributed by atoms with Crippen LogP contribution in [0.1, 0.15) is 74.0 Å². The number of fused-ring (bicyclic) bond motifs is 3. The summed E-state index contributed by atoms with van der Waals surface area (Å²) >= 11 is 0. The van der Waals surface area contributed by atoms with Crippen LogP contribution in [0.4, 0.5) is 13.2 Å². The van der Waals surface area contributed by atoms with Crippen molar-refractivity contribution >= 4 is 10.1 Å². The first-order chi connectivity index (χ1) is 15.5. The Hall–Kier alpha value is -1.90. The summed E-state index contributed by atoms with van der Waals surface area (Å²) in [5.41, 5.74) is -4.67. The number of hydrogen-bond acceptors (Lipinski definition) is 5. The molecule has 0 aromatic heterocycles. The molecule has 31 heavy (non-hydrogen) atoms. The van der Waals surface area contributed by atoms with E-state index in [9.17, 15) is 21.6 Å². The molecular formula is C22H29F3O5S. The van der Waals surface area contributed by atoms with Crippen molar-refractivity contribution in [1.82, 2.24) is 0 Å². The number of benzene rings is 1. The number of hydrogen-bond donors (Lipinski definition) is 0. The lowest BCUT2D eigenvalue weighted by atomic mass is 9.69. The third-order valence-electron chi connectivity index (χ3n) is 5.88. The van der Waals surface area contributed by atoms with Gasteiger partial charge in [0.05, 0.1) is 7.11 Å². The molecule has 2 aliphatic rings.